The van der Waals surface area contributed by atoms with Gasteiger partial charge in [-0.3, -0.25) is 15.0 Å². The van der Waals surface area contributed by atoms with Crippen molar-refractivity contribution >= 4 is 22.4 Å². The molecular weight excluding hydrogens is 328 g/mol. The first-order valence-corrected chi connectivity index (χ1v) is 8.98. The number of nitrogens with zero attached hydrogens (tertiary/aromatic N) is 3. The smallest absolute Gasteiger partial charge is 0.269 e. The number of benzene rings is 2. The largest absolute Gasteiger partial charge is 0.285 e. The van der Waals surface area contributed by atoms with Gasteiger partial charge in [-0.15, -0.1) is 0 Å². The summed E-state index contributed by atoms with van der Waals surface area (Å²) in [6, 6.07) is 14.5. The number of nitro benzene ring substituents is 1. The highest BCUT2D eigenvalue weighted by atomic mass is 16.6. The highest BCUT2D eigenvalue weighted by molar-refractivity contribution is 5.87. The van der Waals surface area contributed by atoms with E-state index in [9.17, 15) is 10.1 Å². The van der Waals surface area contributed by atoms with Gasteiger partial charge in [0.2, 0.25) is 5.82 Å². The number of rotatable bonds is 3. The molecule has 2 aromatic carbocycles. The number of nitro groups is 1. The maximum absolute atomic E-state index is 10.9. The van der Waals surface area contributed by atoms with Gasteiger partial charge >= 0.3 is 0 Å². The predicted molar refractivity (Wildman–Crippen MR) is 100 cm³/mol. The van der Waals surface area contributed by atoms with Crippen molar-refractivity contribution in [3.05, 3.63) is 58.6 Å². The van der Waals surface area contributed by atoms with Crippen LogP contribution in [0.4, 0.5) is 11.5 Å². The Morgan fingerprint density at radius 1 is 1.04 bits per heavy atom. The first kappa shape index (κ1) is 16.6. The van der Waals surface area contributed by atoms with Gasteiger partial charge in [0.25, 0.3) is 5.69 Å². The van der Waals surface area contributed by atoms with Gasteiger partial charge in [-0.2, -0.15) is 4.98 Å². The molecule has 4 rings (SSSR count). The molecule has 26 heavy (non-hydrogen) atoms. The Balaban J connectivity index is 1.79. The van der Waals surface area contributed by atoms with Crippen molar-refractivity contribution in [3.63, 3.8) is 0 Å². The van der Waals surface area contributed by atoms with Crippen molar-refractivity contribution in [2.45, 2.75) is 19.8 Å². The molecule has 132 valence electrons. The average Bonchev–Trinajstić information content (AvgIpc) is 2.68. The second-order valence-corrected chi connectivity index (χ2v) is 7.00. The zero-order valence-corrected chi connectivity index (χ0v) is 14.7. The molecule has 0 radical (unpaired) electrons. The summed E-state index contributed by atoms with van der Waals surface area (Å²) in [7, 11) is 0. The SMILES string of the molecule is CC1CC[NH+](c2nc(-c3ccc([N+](=O)[O-])cc3)nc3ccccc23)CC1. The summed E-state index contributed by atoms with van der Waals surface area (Å²) >= 11 is 0. The maximum Gasteiger partial charge on any atom is 0.269 e. The Morgan fingerprint density at radius 2 is 1.73 bits per heavy atom. The third kappa shape index (κ3) is 3.15. The van der Waals surface area contributed by atoms with Gasteiger partial charge in [0, 0.05) is 17.7 Å². The van der Waals surface area contributed by atoms with E-state index in [-0.39, 0.29) is 5.69 Å². The molecule has 0 bridgehead atoms. The van der Waals surface area contributed by atoms with Crippen LogP contribution in [0.15, 0.2) is 48.5 Å². The summed E-state index contributed by atoms with van der Waals surface area (Å²) in [6.45, 7) is 4.45. The van der Waals surface area contributed by atoms with Crippen LogP contribution < -0.4 is 4.90 Å². The van der Waals surface area contributed by atoms with Gasteiger partial charge in [0.1, 0.15) is 0 Å². The summed E-state index contributed by atoms with van der Waals surface area (Å²) < 4.78 is 0. The van der Waals surface area contributed by atoms with Crippen molar-refractivity contribution in [1.82, 2.24) is 9.97 Å². The summed E-state index contributed by atoms with van der Waals surface area (Å²) in [5.41, 5.74) is 1.79. The number of para-hydroxylation sites is 1. The fraction of sp³-hybridized carbons (Fsp3) is 0.300. The summed E-state index contributed by atoms with van der Waals surface area (Å²) in [5, 5.41) is 12.0. The molecule has 0 unspecified atom stereocenters. The summed E-state index contributed by atoms with van der Waals surface area (Å²) in [5.74, 6) is 2.43. The van der Waals surface area contributed by atoms with E-state index in [1.807, 2.05) is 18.2 Å². The van der Waals surface area contributed by atoms with E-state index >= 15 is 0 Å². The predicted octanol–water partition coefficient (Wildman–Crippen LogP) is 3.15. The lowest BCUT2D eigenvalue weighted by molar-refractivity contribution is -0.841. The van der Waals surface area contributed by atoms with Crippen molar-refractivity contribution in [3.8, 4) is 11.4 Å². The van der Waals surface area contributed by atoms with Crippen molar-refractivity contribution in [2.24, 2.45) is 5.92 Å². The van der Waals surface area contributed by atoms with Gasteiger partial charge in [-0.1, -0.05) is 19.1 Å². The molecule has 0 saturated carbocycles. The minimum Gasteiger partial charge on any atom is -0.285 e. The zero-order chi connectivity index (χ0) is 18.1. The van der Waals surface area contributed by atoms with E-state index < -0.39 is 4.92 Å². The Morgan fingerprint density at radius 3 is 2.42 bits per heavy atom. The van der Waals surface area contributed by atoms with Crippen LogP contribution in [0.1, 0.15) is 19.8 Å². The molecule has 0 aliphatic carbocycles. The molecule has 1 aliphatic rings. The quantitative estimate of drug-likeness (QED) is 0.582. The Hall–Kier alpha value is -2.86. The second-order valence-electron chi connectivity index (χ2n) is 7.00. The molecule has 1 N–H and O–H groups in total. The molecule has 0 amide bonds. The van der Waals surface area contributed by atoms with Crippen LogP contribution in [0, 0.1) is 16.0 Å². The molecule has 3 aromatic rings. The van der Waals surface area contributed by atoms with Crippen LogP contribution in [0.25, 0.3) is 22.3 Å². The second kappa shape index (κ2) is 6.80. The minimum absolute atomic E-state index is 0.0744. The molecular formula is C20H21N4O2+. The number of quaternary nitrogens is 1. The van der Waals surface area contributed by atoms with Gasteiger partial charge in [0.15, 0.2) is 5.82 Å². The molecule has 1 fully saturated rings. The number of aromatic nitrogens is 2. The zero-order valence-electron chi connectivity index (χ0n) is 14.7. The van der Waals surface area contributed by atoms with Gasteiger partial charge in [0.05, 0.1) is 28.9 Å². The van der Waals surface area contributed by atoms with Crippen LogP contribution in [0.5, 0.6) is 0 Å². The van der Waals surface area contributed by atoms with Gasteiger partial charge < -0.3 is 0 Å². The fourth-order valence-electron chi connectivity index (χ4n) is 3.55. The average molecular weight is 349 g/mol. The van der Waals surface area contributed by atoms with E-state index in [4.69, 9.17) is 9.97 Å². The number of piperidine rings is 1. The highest BCUT2D eigenvalue weighted by Crippen LogP contribution is 2.25. The lowest BCUT2D eigenvalue weighted by Crippen LogP contribution is -3.08. The molecule has 0 spiro atoms. The standard InChI is InChI=1S/C20H20N4O2/c1-14-10-12-23(13-11-14)20-17-4-2-3-5-18(17)21-19(22-20)15-6-8-16(9-7-15)24(25)26/h2-9,14H,10-13H2,1H3/p+1. The van der Waals surface area contributed by atoms with Crippen LogP contribution >= 0.6 is 0 Å². The monoisotopic (exact) mass is 349 g/mol. The third-order valence-electron chi connectivity index (χ3n) is 5.15. The Kier molecular flexibility index (Phi) is 4.34. The number of non-ortho nitro benzene ring substituents is 1. The van der Waals surface area contributed by atoms with E-state index in [0.29, 0.717) is 5.82 Å². The van der Waals surface area contributed by atoms with E-state index in [1.54, 1.807) is 12.1 Å². The normalized spacial score (nSPS) is 20.2. The van der Waals surface area contributed by atoms with Crippen molar-refractivity contribution in [2.75, 3.05) is 13.1 Å². The summed E-state index contributed by atoms with van der Waals surface area (Å²) in [4.78, 5) is 21.5. The molecule has 1 aliphatic heterocycles. The van der Waals surface area contributed by atoms with Crippen LogP contribution in [-0.2, 0) is 0 Å². The maximum atomic E-state index is 10.9. The molecule has 6 nitrogen and oxygen atoms in total. The fourth-order valence-corrected chi connectivity index (χ4v) is 3.55. The number of hydrogen-bond donors (Lipinski definition) is 1. The topological polar surface area (TPSA) is 73.4 Å². The first-order chi connectivity index (χ1) is 12.6. The van der Waals surface area contributed by atoms with Gasteiger partial charge in [-0.05, 0) is 43.0 Å². The molecule has 0 atom stereocenters. The highest BCUT2D eigenvalue weighted by Gasteiger charge is 2.25. The number of nitrogens with one attached hydrogen (secondary N) is 1. The van der Waals surface area contributed by atoms with E-state index in [1.165, 1.54) is 29.9 Å². The van der Waals surface area contributed by atoms with E-state index in [0.717, 1.165) is 41.3 Å². The summed E-state index contributed by atoms with van der Waals surface area (Å²) in [6.07, 6.45) is 2.39. The van der Waals surface area contributed by atoms with Crippen LogP contribution in [-0.4, -0.2) is 28.0 Å². The number of fused-ring (bicyclic) bond motifs is 1. The Labute approximate surface area is 151 Å². The van der Waals surface area contributed by atoms with Gasteiger partial charge in [-0.25, -0.2) is 4.98 Å². The molecule has 1 saturated heterocycles. The van der Waals surface area contributed by atoms with Crippen molar-refractivity contribution in [1.29, 1.82) is 0 Å². The van der Waals surface area contributed by atoms with E-state index in [2.05, 4.69) is 13.0 Å². The molecule has 2 heterocycles. The molecule has 1 aromatic heterocycles. The number of hydrogen-bond acceptors (Lipinski definition) is 4. The van der Waals surface area contributed by atoms with Crippen LogP contribution in [0.2, 0.25) is 0 Å². The van der Waals surface area contributed by atoms with Crippen LogP contribution in [0.3, 0.4) is 0 Å². The molecule has 6 heteroatoms. The minimum atomic E-state index is -0.393. The van der Waals surface area contributed by atoms with Crippen molar-refractivity contribution < 1.29 is 9.82 Å². The first-order valence-electron chi connectivity index (χ1n) is 8.98. The third-order valence-corrected chi connectivity index (χ3v) is 5.15. The lowest BCUT2D eigenvalue weighted by atomic mass is 9.99. The Bertz CT molecular complexity index is 948. The lowest BCUT2D eigenvalue weighted by Gasteiger charge is -2.26.